The van der Waals surface area contributed by atoms with Gasteiger partial charge in [0.15, 0.2) is 6.10 Å². The lowest BCUT2D eigenvalue weighted by Gasteiger charge is -2.14. The zero-order valence-electron chi connectivity index (χ0n) is 14.3. The van der Waals surface area contributed by atoms with Crippen molar-refractivity contribution in [1.29, 1.82) is 0 Å². The molecule has 1 N–H and O–H groups in total. The summed E-state index contributed by atoms with van der Waals surface area (Å²) in [5.41, 5.74) is 2.51. The molecule has 1 fully saturated rings. The van der Waals surface area contributed by atoms with Gasteiger partial charge in [0, 0.05) is 10.9 Å². The number of esters is 1. The molecule has 130 valence electrons. The molecule has 0 bridgehead atoms. The van der Waals surface area contributed by atoms with Crippen molar-refractivity contribution < 1.29 is 14.3 Å². The molecule has 0 radical (unpaired) electrons. The van der Waals surface area contributed by atoms with E-state index in [4.69, 9.17) is 4.74 Å². The SMILES string of the molecule is Cc1cccc(/C=C(/C(=O)O[C@@H](C)C(=O)NC2CC2)c2cccs2)c1. The van der Waals surface area contributed by atoms with Crippen LogP contribution in [0, 0.1) is 6.92 Å². The molecule has 0 aliphatic heterocycles. The highest BCUT2D eigenvalue weighted by Crippen LogP contribution is 2.25. The van der Waals surface area contributed by atoms with E-state index in [1.165, 1.54) is 11.3 Å². The number of aryl methyl sites for hydroxylation is 1. The predicted octanol–water partition coefficient (Wildman–Crippen LogP) is 3.81. The molecule has 25 heavy (non-hydrogen) atoms. The number of hydrogen-bond donors (Lipinski definition) is 1. The van der Waals surface area contributed by atoms with Crippen LogP contribution in [0.3, 0.4) is 0 Å². The van der Waals surface area contributed by atoms with Gasteiger partial charge in [0.05, 0.1) is 5.57 Å². The molecule has 0 spiro atoms. The molecule has 0 unspecified atom stereocenters. The molecule has 2 aromatic rings. The van der Waals surface area contributed by atoms with Crippen molar-refractivity contribution in [2.24, 2.45) is 0 Å². The number of thiophene rings is 1. The average Bonchev–Trinajstić information content (AvgIpc) is 3.22. The Balaban J connectivity index is 1.79. The normalized spacial score (nSPS) is 15.5. The Bertz CT molecular complexity index is 791. The third-order valence-electron chi connectivity index (χ3n) is 3.94. The molecule has 1 aromatic carbocycles. The second-order valence-electron chi connectivity index (χ2n) is 6.28. The minimum absolute atomic E-state index is 0.239. The van der Waals surface area contributed by atoms with Gasteiger partial charge in [-0.3, -0.25) is 4.79 Å². The van der Waals surface area contributed by atoms with Gasteiger partial charge in [-0.25, -0.2) is 4.79 Å². The number of amides is 1. The minimum Gasteiger partial charge on any atom is -0.449 e. The van der Waals surface area contributed by atoms with Gasteiger partial charge in [0.2, 0.25) is 0 Å². The third-order valence-corrected chi connectivity index (χ3v) is 4.84. The number of rotatable bonds is 6. The van der Waals surface area contributed by atoms with Gasteiger partial charge in [-0.1, -0.05) is 35.9 Å². The molecule has 1 atom stereocenters. The van der Waals surface area contributed by atoms with Crippen LogP contribution < -0.4 is 5.32 Å². The molecule has 5 heteroatoms. The van der Waals surface area contributed by atoms with Crippen molar-refractivity contribution >= 4 is 34.9 Å². The number of benzene rings is 1. The van der Waals surface area contributed by atoms with E-state index in [2.05, 4.69) is 5.32 Å². The third kappa shape index (κ3) is 4.79. The Hall–Kier alpha value is -2.40. The molecule has 1 heterocycles. The smallest absolute Gasteiger partial charge is 0.340 e. The first-order valence-corrected chi connectivity index (χ1v) is 9.24. The maximum atomic E-state index is 12.7. The molecule has 1 amide bonds. The summed E-state index contributed by atoms with van der Waals surface area (Å²) >= 11 is 1.47. The topological polar surface area (TPSA) is 55.4 Å². The maximum Gasteiger partial charge on any atom is 0.340 e. The molecular formula is C20H21NO3S. The number of ether oxygens (including phenoxy) is 1. The zero-order chi connectivity index (χ0) is 17.8. The fraction of sp³-hybridized carbons (Fsp3) is 0.300. The van der Waals surface area contributed by atoms with Crippen LogP contribution in [0.25, 0.3) is 11.6 Å². The van der Waals surface area contributed by atoms with Gasteiger partial charge in [0.25, 0.3) is 5.91 Å². The first kappa shape index (κ1) is 17.4. The summed E-state index contributed by atoms with van der Waals surface area (Å²) in [6.45, 7) is 3.61. The van der Waals surface area contributed by atoms with E-state index in [9.17, 15) is 9.59 Å². The van der Waals surface area contributed by atoms with Crippen LogP contribution in [0.1, 0.15) is 35.8 Å². The number of carbonyl (C=O) groups is 2. The molecule has 4 nitrogen and oxygen atoms in total. The van der Waals surface area contributed by atoms with Gasteiger partial charge < -0.3 is 10.1 Å². The predicted molar refractivity (Wildman–Crippen MR) is 100 cm³/mol. The van der Waals surface area contributed by atoms with Crippen molar-refractivity contribution in [3.63, 3.8) is 0 Å². The number of carbonyl (C=O) groups excluding carboxylic acids is 2. The van der Waals surface area contributed by atoms with E-state index < -0.39 is 12.1 Å². The van der Waals surface area contributed by atoms with E-state index in [1.807, 2.05) is 54.8 Å². The van der Waals surface area contributed by atoms with E-state index in [-0.39, 0.29) is 11.9 Å². The fourth-order valence-electron chi connectivity index (χ4n) is 2.41. The summed E-state index contributed by atoms with van der Waals surface area (Å²) in [7, 11) is 0. The van der Waals surface area contributed by atoms with Gasteiger partial charge in [-0.2, -0.15) is 0 Å². The van der Waals surface area contributed by atoms with E-state index in [0.29, 0.717) is 5.57 Å². The Morgan fingerprint density at radius 1 is 1.28 bits per heavy atom. The van der Waals surface area contributed by atoms with Crippen molar-refractivity contribution in [2.45, 2.75) is 38.8 Å². The monoisotopic (exact) mass is 355 g/mol. The lowest BCUT2D eigenvalue weighted by Crippen LogP contribution is -2.37. The summed E-state index contributed by atoms with van der Waals surface area (Å²) in [4.78, 5) is 25.5. The summed E-state index contributed by atoms with van der Waals surface area (Å²) < 4.78 is 5.42. The molecular weight excluding hydrogens is 334 g/mol. The van der Waals surface area contributed by atoms with E-state index in [1.54, 1.807) is 6.92 Å². The first-order chi connectivity index (χ1) is 12.0. The lowest BCUT2D eigenvalue weighted by atomic mass is 10.1. The maximum absolute atomic E-state index is 12.7. The summed E-state index contributed by atoms with van der Waals surface area (Å²) in [6, 6.07) is 11.9. The van der Waals surface area contributed by atoms with Crippen molar-refractivity contribution in [3.05, 3.63) is 57.8 Å². The van der Waals surface area contributed by atoms with Crippen LogP contribution in [0.2, 0.25) is 0 Å². The van der Waals surface area contributed by atoms with Crippen molar-refractivity contribution in [2.75, 3.05) is 0 Å². The second kappa shape index (κ2) is 7.66. The highest BCUT2D eigenvalue weighted by Gasteiger charge is 2.28. The molecule has 0 saturated heterocycles. The summed E-state index contributed by atoms with van der Waals surface area (Å²) in [5, 5.41) is 4.77. The van der Waals surface area contributed by atoms with Crippen molar-refractivity contribution in [1.82, 2.24) is 5.32 Å². The van der Waals surface area contributed by atoms with Crippen LogP contribution in [-0.4, -0.2) is 24.0 Å². The van der Waals surface area contributed by atoms with Crippen LogP contribution in [-0.2, 0) is 14.3 Å². The van der Waals surface area contributed by atoms with Gasteiger partial charge in [-0.05, 0) is 49.8 Å². The van der Waals surface area contributed by atoms with Gasteiger partial charge >= 0.3 is 5.97 Å². The van der Waals surface area contributed by atoms with Gasteiger partial charge in [-0.15, -0.1) is 11.3 Å². The summed E-state index contributed by atoms with van der Waals surface area (Å²) in [5.74, 6) is -0.723. The molecule has 1 saturated carbocycles. The zero-order valence-corrected chi connectivity index (χ0v) is 15.1. The van der Waals surface area contributed by atoms with Crippen LogP contribution in [0.5, 0.6) is 0 Å². The van der Waals surface area contributed by atoms with Crippen LogP contribution in [0.15, 0.2) is 41.8 Å². The Kier molecular flexibility index (Phi) is 5.34. The number of nitrogens with one attached hydrogen (secondary N) is 1. The van der Waals surface area contributed by atoms with Gasteiger partial charge in [0.1, 0.15) is 0 Å². The fourth-order valence-corrected chi connectivity index (χ4v) is 3.14. The standard InChI is InChI=1S/C20H21NO3S/c1-13-5-3-6-15(11-13)12-17(18-7-4-10-25-18)20(23)24-14(2)19(22)21-16-8-9-16/h3-7,10-12,14,16H,8-9H2,1-2H3,(H,21,22)/b17-12+/t14-/m0/s1. The quantitative estimate of drug-likeness (QED) is 0.633. The minimum atomic E-state index is -0.811. The highest BCUT2D eigenvalue weighted by atomic mass is 32.1. The average molecular weight is 355 g/mol. The van der Waals surface area contributed by atoms with Crippen LogP contribution in [0.4, 0.5) is 0 Å². The Labute approximate surface area is 151 Å². The largest absolute Gasteiger partial charge is 0.449 e. The summed E-state index contributed by atoms with van der Waals surface area (Å²) in [6.07, 6.45) is 3.00. The number of hydrogen-bond acceptors (Lipinski definition) is 4. The molecule has 3 rings (SSSR count). The molecule has 1 aromatic heterocycles. The highest BCUT2D eigenvalue weighted by molar-refractivity contribution is 7.11. The Morgan fingerprint density at radius 3 is 2.72 bits per heavy atom. The second-order valence-corrected chi connectivity index (χ2v) is 7.23. The van der Waals surface area contributed by atoms with Crippen LogP contribution >= 0.6 is 11.3 Å². The van der Waals surface area contributed by atoms with E-state index >= 15 is 0 Å². The first-order valence-electron chi connectivity index (χ1n) is 8.36. The molecule has 1 aliphatic carbocycles. The van der Waals surface area contributed by atoms with E-state index in [0.717, 1.165) is 28.8 Å². The van der Waals surface area contributed by atoms with Crippen molar-refractivity contribution in [3.8, 4) is 0 Å². The Morgan fingerprint density at radius 2 is 2.08 bits per heavy atom. The molecule has 1 aliphatic rings. The lowest BCUT2D eigenvalue weighted by molar-refractivity contribution is -0.149.